The number of ether oxygens (including phenoxy) is 4. The zero-order valence-electron chi connectivity index (χ0n) is 23.4. The molecule has 216 valence electrons. The van der Waals surface area contributed by atoms with E-state index < -0.39 is 18.0 Å². The Hall–Kier alpha value is -3.70. The normalized spacial score (nSPS) is 14.9. The fourth-order valence-corrected chi connectivity index (χ4v) is 5.93. The molecule has 3 aromatic rings. The molecule has 0 saturated carbocycles. The molecule has 0 N–H and O–H groups in total. The zero-order valence-corrected chi connectivity index (χ0v) is 25.8. The quantitative estimate of drug-likeness (QED) is 0.304. The molecule has 9 nitrogen and oxygen atoms in total. The summed E-state index contributed by atoms with van der Waals surface area (Å²) in [5.74, 6) is 0.0424. The lowest BCUT2D eigenvalue weighted by Gasteiger charge is -2.26. The van der Waals surface area contributed by atoms with Crippen LogP contribution in [0, 0.1) is 0 Å². The largest absolute Gasteiger partial charge is 0.491 e. The lowest BCUT2D eigenvalue weighted by molar-refractivity contribution is -0.145. The molecule has 2 heterocycles. The predicted molar refractivity (Wildman–Crippen MR) is 159 cm³/mol. The highest BCUT2D eigenvalue weighted by atomic mass is 79.9. The number of thiazole rings is 1. The molecule has 1 aliphatic heterocycles. The Morgan fingerprint density at radius 2 is 1.83 bits per heavy atom. The van der Waals surface area contributed by atoms with Crippen molar-refractivity contribution in [2.45, 2.75) is 46.8 Å². The van der Waals surface area contributed by atoms with Crippen molar-refractivity contribution in [3.05, 3.63) is 89.0 Å². The third-order valence-corrected chi connectivity index (χ3v) is 7.60. The van der Waals surface area contributed by atoms with Crippen LogP contribution in [0.2, 0.25) is 0 Å². The summed E-state index contributed by atoms with van der Waals surface area (Å²) in [6.45, 7) is 9.29. The smallest absolute Gasteiger partial charge is 0.344 e. The van der Waals surface area contributed by atoms with E-state index in [1.807, 2.05) is 38.1 Å². The van der Waals surface area contributed by atoms with E-state index in [-0.39, 0.29) is 37.1 Å². The van der Waals surface area contributed by atoms with Gasteiger partial charge >= 0.3 is 11.9 Å². The van der Waals surface area contributed by atoms with E-state index in [4.69, 9.17) is 18.9 Å². The molecule has 4 rings (SSSR count). The van der Waals surface area contributed by atoms with Gasteiger partial charge in [0, 0.05) is 5.56 Å². The number of nitrogens with zero attached hydrogens (tertiary/aromatic N) is 2. The van der Waals surface area contributed by atoms with Gasteiger partial charge in [-0.05, 0) is 80.4 Å². The van der Waals surface area contributed by atoms with Gasteiger partial charge in [-0.15, -0.1) is 0 Å². The van der Waals surface area contributed by atoms with Gasteiger partial charge in [-0.2, -0.15) is 0 Å². The van der Waals surface area contributed by atoms with Crippen molar-refractivity contribution >= 4 is 45.3 Å². The number of allylic oxidation sites excluding steroid dienone is 1. The van der Waals surface area contributed by atoms with E-state index in [1.165, 1.54) is 15.9 Å². The van der Waals surface area contributed by atoms with Gasteiger partial charge in [0.25, 0.3) is 5.56 Å². The van der Waals surface area contributed by atoms with Crippen LogP contribution >= 0.6 is 27.3 Å². The summed E-state index contributed by atoms with van der Waals surface area (Å²) in [6, 6.07) is 11.9. The van der Waals surface area contributed by atoms with Gasteiger partial charge in [-0.1, -0.05) is 35.6 Å². The number of carbonyl (C=O) groups is 2. The molecule has 0 saturated heterocycles. The number of fused-ring (bicyclic) bond motifs is 1. The van der Waals surface area contributed by atoms with Crippen LogP contribution in [0.3, 0.4) is 0 Å². The summed E-state index contributed by atoms with van der Waals surface area (Å²) in [7, 11) is 0. The summed E-state index contributed by atoms with van der Waals surface area (Å²) in [4.78, 5) is 43.9. The Labute approximate surface area is 249 Å². The second-order valence-electron chi connectivity index (χ2n) is 9.29. The average Bonchev–Trinajstić information content (AvgIpc) is 3.21. The molecular formula is C30H31BrN2O7S. The molecular weight excluding hydrogens is 612 g/mol. The first-order valence-corrected chi connectivity index (χ1v) is 14.8. The third-order valence-electron chi connectivity index (χ3n) is 6.00. The average molecular weight is 644 g/mol. The fraction of sp³-hybridized carbons (Fsp3) is 0.333. The van der Waals surface area contributed by atoms with Crippen LogP contribution in [-0.4, -0.2) is 42.4 Å². The molecule has 0 bridgehead atoms. The number of hydrogen-bond acceptors (Lipinski definition) is 9. The van der Waals surface area contributed by atoms with E-state index in [0.717, 1.165) is 5.56 Å². The topological polar surface area (TPSA) is 105 Å². The Morgan fingerprint density at radius 1 is 1.10 bits per heavy atom. The standard InChI is InChI=1S/C30H31BrN2O7S/c1-6-37-25(34)16-39-23-13-12-19(14-21(23)31)15-24-28(35)33-27(20-10-8-9-11-22(20)40-17(3)4)26(29(36)38-7-2)18(5)32-30(33)41-24/h8-15,17,27H,6-7,16H2,1-5H3/b24-15+/t27-/m0/s1. The highest BCUT2D eigenvalue weighted by Crippen LogP contribution is 2.36. The van der Waals surface area contributed by atoms with Crippen molar-refractivity contribution in [1.82, 2.24) is 4.57 Å². The maximum atomic E-state index is 13.9. The summed E-state index contributed by atoms with van der Waals surface area (Å²) in [6.07, 6.45) is 1.63. The summed E-state index contributed by atoms with van der Waals surface area (Å²) >= 11 is 4.70. The van der Waals surface area contributed by atoms with E-state index in [9.17, 15) is 14.4 Å². The van der Waals surface area contributed by atoms with Gasteiger partial charge < -0.3 is 18.9 Å². The first kappa shape index (κ1) is 30.3. The molecule has 0 fully saturated rings. The van der Waals surface area contributed by atoms with Crippen molar-refractivity contribution in [2.24, 2.45) is 4.99 Å². The minimum absolute atomic E-state index is 0.120. The van der Waals surface area contributed by atoms with E-state index >= 15 is 0 Å². The second kappa shape index (κ2) is 13.3. The zero-order chi connectivity index (χ0) is 29.7. The number of rotatable bonds is 10. The van der Waals surface area contributed by atoms with Crippen LogP contribution < -0.4 is 24.4 Å². The van der Waals surface area contributed by atoms with Gasteiger partial charge in [0.05, 0.1) is 39.6 Å². The number of benzene rings is 2. The van der Waals surface area contributed by atoms with Crippen LogP contribution in [-0.2, 0) is 19.1 Å². The maximum Gasteiger partial charge on any atom is 0.344 e. The Kier molecular flexibility index (Phi) is 9.82. The van der Waals surface area contributed by atoms with Gasteiger partial charge in [0.2, 0.25) is 0 Å². The van der Waals surface area contributed by atoms with Crippen LogP contribution in [0.1, 0.15) is 51.8 Å². The summed E-state index contributed by atoms with van der Waals surface area (Å²) < 4.78 is 24.5. The molecule has 0 spiro atoms. The number of carbonyl (C=O) groups excluding carboxylic acids is 2. The summed E-state index contributed by atoms with van der Waals surface area (Å²) in [5.41, 5.74) is 1.86. The molecule has 1 aromatic heterocycles. The monoisotopic (exact) mass is 642 g/mol. The SMILES string of the molecule is CCOC(=O)COc1ccc(/C=c2/sc3n(c2=O)[C@@H](c2ccccc2OC(C)C)C(C(=O)OCC)=C(C)N=3)cc1Br. The summed E-state index contributed by atoms with van der Waals surface area (Å²) in [5, 5.41) is 0. The van der Waals surface area contributed by atoms with Crippen LogP contribution in [0.4, 0.5) is 0 Å². The number of aromatic nitrogens is 1. The van der Waals surface area contributed by atoms with Crippen molar-refractivity contribution in [2.75, 3.05) is 19.8 Å². The molecule has 1 atom stereocenters. The van der Waals surface area contributed by atoms with E-state index in [0.29, 0.717) is 36.6 Å². The molecule has 0 amide bonds. The van der Waals surface area contributed by atoms with Gasteiger partial charge in [0.15, 0.2) is 11.4 Å². The minimum Gasteiger partial charge on any atom is -0.491 e. The lowest BCUT2D eigenvalue weighted by atomic mass is 9.95. The minimum atomic E-state index is -0.784. The highest BCUT2D eigenvalue weighted by molar-refractivity contribution is 9.10. The van der Waals surface area contributed by atoms with Crippen molar-refractivity contribution in [3.63, 3.8) is 0 Å². The van der Waals surface area contributed by atoms with Gasteiger partial charge in [-0.25, -0.2) is 14.6 Å². The molecule has 2 aromatic carbocycles. The first-order chi connectivity index (χ1) is 19.6. The van der Waals surface area contributed by atoms with Gasteiger partial charge in [-0.3, -0.25) is 9.36 Å². The number of esters is 2. The highest BCUT2D eigenvalue weighted by Gasteiger charge is 2.35. The Balaban J connectivity index is 1.81. The Bertz CT molecular complexity index is 1670. The lowest BCUT2D eigenvalue weighted by Crippen LogP contribution is -2.40. The molecule has 1 aliphatic rings. The van der Waals surface area contributed by atoms with Crippen LogP contribution in [0.15, 0.2) is 68.0 Å². The third kappa shape index (κ3) is 6.79. The molecule has 11 heteroatoms. The Morgan fingerprint density at radius 3 is 2.51 bits per heavy atom. The molecule has 0 unspecified atom stereocenters. The fourth-order valence-electron chi connectivity index (χ4n) is 4.37. The molecule has 41 heavy (non-hydrogen) atoms. The van der Waals surface area contributed by atoms with Crippen molar-refractivity contribution in [1.29, 1.82) is 0 Å². The number of para-hydroxylation sites is 1. The van der Waals surface area contributed by atoms with Crippen LogP contribution in [0.5, 0.6) is 11.5 Å². The maximum absolute atomic E-state index is 13.9. The van der Waals surface area contributed by atoms with Gasteiger partial charge in [0.1, 0.15) is 17.5 Å². The van der Waals surface area contributed by atoms with Crippen molar-refractivity contribution < 1.29 is 28.5 Å². The molecule has 0 aliphatic carbocycles. The van der Waals surface area contributed by atoms with E-state index in [2.05, 4.69) is 20.9 Å². The number of hydrogen-bond donors (Lipinski definition) is 0. The van der Waals surface area contributed by atoms with Crippen molar-refractivity contribution in [3.8, 4) is 11.5 Å². The molecule has 0 radical (unpaired) electrons. The second-order valence-corrected chi connectivity index (χ2v) is 11.2. The predicted octanol–water partition coefficient (Wildman–Crippen LogP) is 4.29. The number of halogens is 1. The first-order valence-electron chi connectivity index (χ1n) is 13.2. The van der Waals surface area contributed by atoms with E-state index in [1.54, 1.807) is 45.0 Å². The van der Waals surface area contributed by atoms with Crippen LogP contribution in [0.25, 0.3) is 6.08 Å².